The average Bonchev–Trinajstić information content (AvgIpc) is 3.03. The molecular formula is C22H28N4O4. The zero-order chi connectivity index (χ0) is 21.4. The quantitative estimate of drug-likeness (QED) is 0.697. The average molecular weight is 412 g/mol. The summed E-state index contributed by atoms with van der Waals surface area (Å²) in [5.41, 5.74) is 1.13. The maximum Gasteiger partial charge on any atom is 0.319 e. The summed E-state index contributed by atoms with van der Waals surface area (Å²) >= 11 is 0. The summed E-state index contributed by atoms with van der Waals surface area (Å²) in [6.07, 6.45) is 4.92. The molecule has 1 aromatic rings. The number of amides is 5. The van der Waals surface area contributed by atoms with Gasteiger partial charge in [-0.15, -0.1) is 0 Å². The zero-order valence-electron chi connectivity index (χ0n) is 17.6. The van der Waals surface area contributed by atoms with E-state index in [0.29, 0.717) is 42.9 Å². The molecule has 160 valence electrons. The maximum absolute atomic E-state index is 13.0. The number of rotatable bonds is 2. The largest absolute Gasteiger partial charge is 0.335 e. The van der Waals surface area contributed by atoms with Crippen molar-refractivity contribution < 1.29 is 19.2 Å². The van der Waals surface area contributed by atoms with Crippen molar-refractivity contribution >= 4 is 23.8 Å². The Morgan fingerprint density at radius 2 is 1.47 bits per heavy atom. The first kappa shape index (κ1) is 20.4. The van der Waals surface area contributed by atoms with Crippen LogP contribution >= 0.6 is 0 Å². The van der Waals surface area contributed by atoms with E-state index in [-0.39, 0.29) is 29.8 Å². The number of hydrogen-bond acceptors (Lipinski definition) is 4. The van der Waals surface area contributed by atoms with Gasteiger partial charge in [0.05, 0.1) is 11.1 Å². The minimum atomic E-state index is -0.280. The van der Waals surface area contributed by atoms with Gasteiger partial charge in [0.1, 0.15) is 0 Å². The Bertz CT molecular complexity index is 883. The minimum absolute atomic E-state index is 0.0346. The van der Waals surface area contributed by atoms with Crippen LogP contribution in [-0.2, 0) is 0 Å². The predicted octanol–water partition coefficient (Wildman–Crippen LogP) is 2.05. The Kier molecular flexibility index (Phi) is 5.49. The molecule has 0 radical (unpaired) electrons. The van der Waals surface area contributed by atoms with Gasteiger partial charge in [-0.3, -0.25) is 19.3 Å². The molecule has 8 nitrogen and oxygen atoms in total. The molecule has 4 rings (SSSR count). The molecular weight excluding hydrogens is 384 g/mol. The monoisotopic (exact) mass is 412 g/mol. The van der Waals surface area contributed by atoms with Crippen molar-refractivity contribution in [2.75, 3.05) is 40.3 Å². The van der Waals surface area contributed by atoms with Gasteiger partial charge < -0.3 is 14.7 Å². The van der Waals surface area contributed by atoms with E-state index in [0.717, 1.165) is 32.1 Å². The van der Waals surface area contributed by atoms with Crippen molar-refractivity contribution in [2.24, 2.45) is 0 Å². The third-order valence-corrected chi connectivity index (χ3v) is 6.32. The van der Waals surface area contributed by atoms with Crippen molar-refractivity contribution in [3.63, 3.8) is 0 Å². The van der Waals surface area contributed by atoms with E-state index in [1.807, 2.05) is 0 Å². The van der Waals surface area contributed by atoms with Gasteiger partial charge in [0.2, 0.25) is 0 Å². The lowest BCUT2D eigenvalue weighted by atomic mass is 9.94. The number of carbonyl (C=O) groups is 4. The van der Waals surface area contributed by atoms with Crippen LogP contribution in [0.1, 0.15) is 63.2 Å². The molecule has 0 N–H and O–H groups in total. The van der Waals surface area contributed by atoms with Crippen LogP contribution in [0.15, 0.2) is 18.2 Å². The minimum Gasteiger partial charge on any atom is -0.335 e. The van der Waals surface area contributed by atoms with Gasteiger partial charge in [-0.2, -0.15) is 0 Å². The second-order valence-electron chi connectivity index (χ2n) is 8.49. The number of nitrogens with zero attached hydrogens (tertiary/aromatic N) is 4. The van der Waals surface area contributed by atoms with Crippen LogP contribution in [0.25, 0.3) is 0 Å². The van der Waals surface area contributed by atoms with E-state index in [1.165, 1.54) is 9.80 Å². The van der Waals surface area contributed by atoms with E-state index < -0.39 is 0 Å². The van der Waals surface area contributed by atoms with Gasteiger partial charge in [-0.1, -0.05) is 19.3 Å². The molecule has 2 fully saturated rings. The van der Waals surface area contributed by atoms with Gasteiger partial charge in [-0.25, -0.2) is 4.79 Å². The molecule has 0 bridgehead atoms. The first-order valence-electron chi connectivity index (χ1n) is 10.7. The Labute approximate surface area is 176 Å². The number of imide groups is 1. The summed E-state index contributed by atoms with van der Waals surface area (Å²) in [5, 5.41) is 0. The SMILES string of the molecule is CN(C)C(=O)N1CCN(C(=O)c2ccc3c(c2)C(=O)N(C2CCCCC2)C3=O)CC1. The van der Waals surface area contributed by atoms with Gasteiger partial charge in [0.25, 0.3) is 17.7 Å². The van der Waals surface area contributed by atoms with E-state index in [1.54, 1.807) is 42.1 Å². The van der Waals surface area contributed by atoms with Gasteiger partial charge in [0, 0.05) is 51.9 Å². The first-order chi connectivity index (χ1) is 14.4. The molecule has 1 aliphatic carbocycles. The number of urea groups is 1. The summed E-state index contributed by atoms with van der Waals surface area (Å²) in [4.78, 5) is 57.2. The van der Waals surface area contributed by atoms with Crippen LogP contribution in [0.3, 0.4) is 0 Å². The summed E-state index contributed by atoms with van der Waals surface area (Å²) in [6.45, 7) is 1.83. The van der Waals surface area contributed by atoms with Gasteiger partial charge in [-0.05, 0) is 31.0 Å². The number of fused-ring (bicyclic) bond motifs is 1. The standard InChI is InChI=1S/C22H28N4O4/c1-23(2)22(30)25-12-10-24(11-13-25)19(27)15-8-9-17-18(14-15)21(29)26(20(17)28)16-6-4-3-5-7-16/h8-9,14,16H,3-7,10-13H2,1-2H3. The van der Waals surface area contributed by atoms with Gasteiger partial charge in [0.15, 0.2) is 0 Å². The van der Waals surface area contributed by atoms with Crippen LogP contribution < -0.4 is 0 Å². The van der Waals surface area contributed by atoms with E-state index in [9.17, 15) is 19.2 Å². The zero-order valence-corrected chi connectivity index (χ0v) is 17.6. The van der Waals surface area contributed by atoms with E-state index in [2.05, 4.69) is 0 Å². The van der Waals surface area contributed by atoms with Crippen molar-refractivity contribution in [2.45, 2.75) is 38.1 Å². The highest BCUT2D eigenvalue weighted by Crippen LogP contribution is 2.31. The molecule has 0 spiro atoms. The van der Waals surface area contributed by atoms with Crippen LogP contribution in [-0.4, -0.2) is 89.7 Å². The molecule has 30 heavy (non-hydrogen) atoms. The highest BCUT2D eigenvalue weighted by Gasteiger charge is 2.40. The fraction of sp³-hybridized carbons (Fsp3) is 0.545. The maximum atomic E-state index is 13.0. The number of hydrogen-bond donors (Lipinski definition) is 0. The lowest BCUT2D eigenvalue weighted by molar-refractivity contribution is 0.0548. The molecule has 3 aliphatic rings. The van der Waals surface area contributed by atoms with Crippen molar-refractivity contribution in [1.82, 2.24) is 19.6 Å². The Hall–Kier alpha value is -2.90. The molecule has 0 atom stereocenters. The second-order valence-corrected chi connectivity index (χ2v) is 8.49. The molecule has 2 aliphatic heterocycles. The Balaban J connectivity index is 1.47. The van der Waals surface area contributed by atoms with Crippen LogP contribution in [0.4, 0.5) is 4.79 Å². The van der Waals surface area contributed by atoms with Crippen LogP contribution in [0, 0.1) is 0 Å². The molecule has 2 heterocycles. The summed E-state index contributed by atoms with van der Waals surface area (Å²) in [7, 11) is 3.42. The summed E-state index contributed by atoms with van der Waals surface area (Å²) in [6, 6.07) is 4.71. The Morgan fingerprint density at radius 3 is 2.10 bits per heavy atom. The molecule has 5 amide bonds. The van der Waals surface area contributed by atoms with Crippen LogP contribution in [0.5, 0.6) is 0 Å². The first-order valence-corrected chi connectivity index (χ1v) is 10.7. The molecule has 8 heteroatoms. The molecule has 1 aromatic carbocycles. The van der Waals surface area contributed by atoms with Gasteiger partial charge >= 0.3 is 6.03 Å². The molecule has 1 saturated carbocycles. The fourth-order valence-electron chi connectivity index (χ4n) is 4.63. The number of carbonyl (C=O) groups excluding carboxylic acids is 4. The molecule has 0 aromatic heterocycles. The molecule has 0 unspecified atom stereocenters. The summed E-state index contributed by atoms with van der Waals surface area (Å²) < 4.78 is 0. The highest BCUT2D eigenvalue weighted by molar-refractivity contribution is 6.22. The predicted molar refractivity (Wildman–Crippen MR) is 110 cm³/mol. The topological polar surface area (TPSA) is 81.2 Å². The third-order valence-electron chi connectivity index (χ3n) is 6.32. The number of benzene rings is 1. The Morgan fingerprint density at radius 1 is 0.867 bits per heavy atom. The highest BCUT2D eigenvalue weighted by atomic mass is 16.2. The third kappa shape index (κ3) is 3.55. The molecule has 1 saturated heterocycles. The number of piperazine rings is 1. The summed E-state index contributed by atoms with van der Waals surface area (Å²) in [5.74, 6) is -0.694. The lowest BCUT2D eigenvalue weighted by Gasteiger charge is -2.36. The lowest BCUT2D eigenvalue weighted by Crippen LogP contribution is -2.52. The second kappa shape index (κ2) is 8.08. The van der Waals surface area contributed by atoms with Crippen molar-refractivity contribution in [3.8, 4) is 0 Å². The van der Waals surface area contributed by atoms with Crippen molar-refractivity contribution in [3.05, 3.63) is 34.9 Å². The fourth-order valence-corrected chi connectivity index (χ4v) is 4.63. The van der Waals surface area contributed by atoms with Crippen molar-refractivity contribution in [1.29, 1.82) is 0 Å². The normalized spacial score (nSPS) is 19.9. The van der Waals surface area contributed by atoms with E-state index >= 15 is 0 Å². The van der Waals surface area contributed by atoms with E-state index in [4.69, 9.17) is 0 Å². The smallest absolute Gasteiger partial charge is 0.319 e. The van der Waals surface area contributed by atoms with Crippen LogP contribution in [0.2, 0.25) is 0 Å².